The van der Waals surface area contributed by atoms with Crippen LogP contribution < -0.4 is 0 Å². The Hall–Kier alpha value is -1.11. The number of hydrogen-bond acceptors (Lipinski definition) is 0. The second-order valence-corrected chi connectivity index (χ2v) is 2.37. The van der Waals surface area contributed by atoms with Gasteiger partial charge in [0, 0.05) is 0 Å². The molecule has 0 saturated carbocycles. The van der Waals surface area contributed by atoms with Crippen LogP contribution in [0.3, 0.4) is 0 Å². The summed E-state index contributed by atoms with van der Waals surface area (Å²) in [4.78, 5) is 0. The summed E-state index contributed by atoms with van der Waals surface area (Å²) in [6.45, 7) is 0. The summed E-state index contributed by atoms with van der Waals surface area (Å²) in [5.41, 5.74) is 1.12. The largest absolute Gasteiger partial charge is 0.293 e. The van der Waals surface area contributed by atoms with E-state index in [4.69, 9.17) is 0 Å². The van der Waals surface area contributed by atoms with Gasteiger partial charge in [-0.3, -0.25) is 4.58 Å². The smallest absolute Gasteiger partial charge is 0.120 e. The zero-order chi connectivity index (χ0) is 7.40. The van der Waals surface area contributed by atoms with Crippen molar-refractivity contribution in [2.75, 3.05) is 14.1 Å². The van der Waals surface area contributed by atoms with E-state index in [1.807, 2.05) is 49.0 Å². The van der Waals surface area contributed by atoms with Gasteiger partial charge in [0.1, 0.15) is 20.3 Å². The molecule has 0 atom stereocenters. The van der Waals surface area contributed by atoms with Crippen molar-refractivity contribution in [2.45, 2.75) is 0 Å². The maximum absolute atomic E-state index is 3.14. The lowest BCUT2D eigenvalue weighted by molar-refractivity contribution is -0.458. The quantitative estimate of drug-likeness (QED) is 0.308. The van der Waals surface area contributed by atoms with E-state index in [0.29, 0.717) is 0 Å². The highest BCUT2D eigenvalue weighted by Crippen LogP contribution is 1.92. The van der Waals surface area contributed by atoms with Gasteiger partial charge < -0.3 is 0 Å². The first-order chi connectivity index (χ1) is 4.79. The number of nitrogens with zero attached hydrogens (tertiary/aromatic N) is 1. The second kappa shape index (κ2) is 3.16. The monoisotopic (exact) mass is 133 g/mol. The number of hydrogen-bond donors (Lipinski definition) is 0. The molecule has 0 fully saturated rings. The Balaban J connectivity index is 2.87. The van der Waals surface area contributed by atoms with Gasteiger partial charge in [0.05, 0.1) is 0 Å². The van der Waals surface area contributed by atoms with Gasteiger partial charge in [-0.1, -0.05) is 6.07 Å². The van der Waals surface area contributed by atoms with E-state index < -0.39 is 0 Å². The van der Waals surface area contributed by atoms with Crippen molar-refractivity contribution in [3.05, 3.63) is 35.9 Å². The minimum atomic E-state index is 1.12. The van der Waals surface area contributed by atoms with Gasteiger partial charge >= 0.3 is 0 Å². The van der Waals surface area contributed by atoms with Gasteiger partial charge in [-0.15, -0.1) is 17.7 Å². The third-order valence-corrected chi connectivity index (χ3v) is 1.13. The molecular formula is C9H11N. The predicted molar refractivity (Wildman–Crippen MR) is 42.7 cm³/mol. The molecule has 0 aliphatic heterocycles. The van der Waals surface area contributed by atoms with Gasteiger partial charge in [0.25, 0.3) is 0 Å². The van der Waals surface area contributed by atoms with Crippen molar-refractivity contribution in [1.82, 2.24) is 0 Å². The Kier molecular flexibility index (Phi) is 2.21. The van der Waals surface area contributed by atoms with Gasteiger partial charge in [-0.25, -0.2) is 0 Å². The van der Waals surface area contributed by atoms with Crippen LogP contribution in [0.1, 0.15) is 5.56 Å². The van der Waals surface area contributed by atoms with Crippen LogP contribution in [0.4, 0.5) is 0 Å². The zero-order valence-corrected chi connectivity index (χ0v) is 6.33. The molecule has 1 rings (SSSR count). The van der Waals surface area contributed by atoms with Crippen LogP contribution in [0.25, 0.3) is 0 Å². The molecule has 0 spiro atoms. The molecule has 1 aromatic rings. The van der Waals surface area contributed by atoms with Gasteiger partial charge in [0.15, 0.2) is 0 Å². The van der Waals surface area contributed by atoms with E-state index in [-0.39, 0.29) is 0 Å². The Morgan fingerprint density at radius 3 is 2.20 bits per heavy atom. The van der Waals surface area contributed by atoms with Crippen molar-refractivity contribution in [2.24, 2.45) is 0 Å². The maximum atomic E-state index is 3.14. The lowest BCUT2D eigenvalue weighted by Gasteiger charge is -1.96. The Morgan fingerprint density at radius 2 is 1.70 bits per heavy atom. The standard InChI is InChI=1S/C9H11N/c1-10(2)8-9-6-4-3-5-7-9/h3-7H,1-2H3. The van der Waals surface area contributed by atoms with Gasteiger partial charge in [-0.05, 0) is 0 Å². The highest BCUT2D eigenvalue weighted by atomic mass is 14.9. The van der Waals surface area contributed by atoms with Crippen molar-refractivity contribution in [1.29, 1.82) is 0 Å². The summed E-state index contributed by atoms with van der Waals surface area (Å²) in [7, 11) is 3.93. The minimum Gasteiger partial charge on any atom is -0.293 e. The fourth-order valence-electron chi connectivity index (χ4n) is 0.771. The molecule has 0 amide bonds. The van der Waals surface area contributed by atoms with Crippen LogP contribution in [0.2, 0.25) is 0 Å². The van der Waals surface area contributed by atoms with Crippen molar-refractivity contribution < 1.29 is 4.58 Å². The van der Waals surface area contributed by atoms with E-state index in [9.17, 15) is 0 Å². The SMILES string of the molecule is C[N+](C)=[C-]c1ccccc1. The van der Waals surface area contributed by atoms with Crippen LogP contribution in [-0.2, 0) is 0 Å². The molecule has 0 unspecified atom stereocenters. The fraction of sp³-hybridized carbons (Fsp3) is 0.222. The molecule has 0 aromatic heterocycles. The number of rotatable bonds is 1. The van der Waals surface area contributed by atoms with Crippen molar-refractivity contribution >= 4 is 6.21 Å². The zero-order valence-electron chi connectivity index (χ0n) is 6.33. The summed E-state index contributed by atoms with van der Waals surface area (Å²) in [6, 6.07) is 10.1. The average molecular weight is 133 g/mol. The lowest BCUT2D eigenvalue weighted by Crippen LogP contribution is -1.98. The minimum absolute atomic E-state index is 1.12. The van der Waals surface area contributed by atoms with Gasteiger partial charge in [0.2, 0.25) is 0 Å². The van der Waals surface area contributed by atoms with E-state index >= 15 is 0 Å². The molecule has 1 nitrogen and oxygen atoms in total. The molecule has 10 heavy (non-hydrogen) atoms. The normalized spacial score (nSPS) is 9.00. The maximum Gasteiger partial charge on any atom is 0.120 e. The van der Waals surface area contributed by atoms with Crippen LogP contribution in [-0.4, -0.2) is 24.9 Å². The summed E-state index contributed by atoms with van der Waals surface area (Å²) >= 11 is 0. The van der Waals surface area contributed by atoms with Crippen LogP contribution in [0, 0.1) is 0 Å². The van der Waals surface area contributed by atoms with E-state index in [2.05, 4.69) is 6.21 Å². The molecule has 0 heterocycles. The molecule has 1 heteroatoms. The molecule has 0 N–H and O–H groups in total. The van der Waals surface area contributed by atoms with Crippen LogP contribution >= 0.6 is 0 Å². The van der Waals surface area contributed by atoms with Gasteiger partial charge in [-0.2, -0.15) is 12.1 Å². The molecule has 0 saturated heterocycles. The Morgan fingerprint density at radius 1 is 1.10 bits per heavy atom. The highest BCUT2D eigenvalue weighted by Gasteiger charge is 1.78. The van der Waals surface area contributed by atoms with Crippen molar-refractivity contribution in [3.63, 3.8) is 0 Å². The van der Waals surface area contributed by atoms with Crippen LogP contribution in [0.5, 0.6) is 0 Å². The fourth-order valence-corrected chi connectivity index (χ4v) is 0.771. The summed E-state index contributed by atoms with van der Waals surface area (Å²) in [5, 5.41) is 0. The van der Waals surface area contributed by atoms with Crippen LogP contribution in [0.15, 0.2) is 30.3 Å². The first kappa shape index (κ1) is 7.00. The third kappa shape index (κ3) is 2.02. The average Bonchev–Trinajstić information content (AvgIpc) is 1.88. The first-order valence-electron chi connectivity index (χ1n) is 3.28. The topological polar surface area (TPSA) is 3.01 Å². The highest BCUT2D eigenvalue weighted by molar-refractivity contribution is 5.75. The molecule has 0 bridgehead atoms. The molecule has 1 aromatic carbocycles. The summed E-state index contributed by atoms with van der Waals surface area (Å²) < 4.78 is 1.91. The predicted octanol–water partition coefficient (Wildman–Crippen LogP) is 1.25. The van der Waals surface area contributed by atoms with Crippen molar-refractivity contribution in [3.8, 4) is 0 Å². The molecule has 0 aliphatic carbocycles. The van der Waals surface area contributed by atoms with E-state index in [0.717, 1.165) is 5.56 Å². The summed E-state index contributed by atoms with van der Waals surface area (Å²) in [5.74, 6) is 0. The first-order valence-corrected chi connectivity index (χ1v) is 3.28. The lowest BCUT2D eigenvalue weighted by atomic mass is 10.2. The molecule has 52 valence electrons. The third-order valence-electron chi connectivity index (χ3n) is 1.13. The Bertz CT molecular complexity index is 220. The molecular weight excluding hydrogens is 122 g/mol. The van der Waals surface area contributed by atoms with E-state index in [1.54, 1.807) is 0 Å². The Labute approximate surface area is 61.6 Å². The van der Waals surface area contributed by atoms with E-state index in [1.165, 1.54) is 0 Å². The molecule has 0 aliphatic rings. The molecule has 0 radical (unpaired) electrons. The summed E-state index contributed by atoms with van der Waals surface area (Å²) in [6.07, 6.45) is 3.14. The second-order valence-electron chi connectivity index (χ2n) is 2.37. The number of benzene rings is 1.